The molecule has 2 aromatic carbocycles. The van der Waals surface area contributed by atoms with Gasteiger partial charge in [-0.05, 0) is 43.2 Å². The number of benzene rings is 2. The number of rotatable bonds is 12. The van der Waals surface area contributed by atoms with Crippen molar-refractivity contribution in [2.75, 3.05) is 10.6 Å². The van der Waals surface area contributed by atoms with Crippen LogP contribution in [0.4, 0.5) is 22.7 Å². The molecule has 2 N–H and O–H groups in total. The molecule has 0 atom stereocenters. The maximum atomic E-state index is 12.4. The third-order valence-electron chi connectivity index (χ3n) is 4.60. The first-order valence-electron chi connectivity index (χ1n) is 10.8. The second-order valence-corrected chi connectivity index (χ2v) is 7.28. The van der Waals surface area contributed by atoms with E-state index < -0.39 is 0 Å². The average Bonchev–Trinajstić information content (AvgIpc) is 2.74. The third kappa shape index (κ3) is 8.55. The molecule has 6 nitrogen and oxygen atoms in total. The molecule has 0 bridgehead atoms. The third-order valence-corrected chi connectivity index (χ3v) is 4.60. The SMILES string of the molecule is CCCCCC(=O)Nc1ccc(N=Nc2ccccc2)c(NC(=O)CCCCC)c1. The lowest BCUT2D eigenvalue weighted by Gasteiger charge is -2.11. The average molecular weight is 409 g/mol. The van der Waals surface area contributed by atoms with E-state index in [-0.39, 0.29) is 11.8 Å². The van der Waals surface area contributed by atoms with Gasteiger partial charge in [0.2, 0.25) is 11.8 Å². The molecular weight excluding hydrogens is 376 g/mol. The maximum Gasteiger partial charge on any atom is 0.224 e. The topological polar surface area (TPSA) is 82.9 Å². The van der Waals surface area contributed by atoms with E-state index in [0.29, 0.717) is 29.9 Å². The molecule has 0 aliphatic carbocycles. The van der Waals surface area contributed by atoms with E-state index in [9.17, 15) is 9.59 Å². The number of carbonyl (C=O) groups excluding carboxylic acids is 2. The van der Waals surface area contributed by atoms with Crippen LogP contribution in [0.2, 0.25) is 0 Å². The summed E-state index contributed by atoms with van der Waals surface area (Å²) in [7, 11) is 0. The van der Waals surface area contributed by atoms with Gasteiger partial charge in [-0.15, -0.1) is 5.11 Å². The van der Waals surface area contributed by atoms with Crippen molar-refractivity contribution in [1.29, 1.82) is 0 Å². The Hall–Kier alpha value is -3.02. The molecule has 2 amide bonds. The van der Waals surface area contributed by atoms with Crippen LogP contribution in [0.25, 0.3) is 0 Å². The summed E-state index contributed by atoms with van der Waals surface area (Å²) in [6.07, 6.45) is 6.83. The summed E-state index contributed by atoms with van der Waals surface area (Å²) in [6, 6.07) is 14.7. The van der Waals surface area contributed by atoms with E-state index in [2.05, 4.69) is 34.7 Å². The van der Waals surface area contributed by atoms with E-state index in [1.54, 1.807) is 18.2 Å². The zero-order valence-corrected chi connectivity index (χ0v) is 18.0. The first kappa shape index (κ1) is 23.3. The summed E-state index contributed by atoms with van der Waals surface area (Å²) in [6.45, 7) is 4.21. The molecule has 0 spiro atoms. The second-order valence-electron chi connectivity index (χ2n) is 7.28. The second kappa shape index (κ2) is 13.2. The summed E-state index contributed by atoms with van der Waals surface area (Å²) >= 11 is 0. The Labute approximate surface area is 179 Å². The lowest BCUT2D eigenvalue weighted by Crippen LogP contribution is -2.13. The molecule has 30 heavy (non-hydrogen) atoms. The van der Waals surface area contributed by atoms with Crippen LogP contribution in [0.15, 0.2) is 58.8 Å². The van der Waals surface area contributed by atoms with E-state index >= 15 is 0 Å². The molecule has 0 unspecified atom stereocenters. The van der Waals surface area contributed by atoms with Crippen molar-refractivity contribution in [3.8, 4) is 0 Å². The fraction of sp³-hybridized carbons (Fsp3) is 0.417. The normalized spacial score (nSPS) is 10.9. The van der Waals surface area contributed by atoms with Gasteiger partial charge in [-0.2, -0.15) is 5.11 Å². The maximum absolute atomic E-state index is 12.4. The standard InChI is InChI=1S/C24H32N4O2/c1-3-5-8-14-23(29)25-20-16-17-21(28-27-19-12-10-7-11-13-19)22(18-20)26-24(30)15-9-6-4-2/h7,10-13,16-18H,3-6,8-9,14-15H2,1-2H3,(H,25,29)(H,26,30). The Kier molecular flexibility index (Phi) is 10.3. The highest BCUT2D eigenvalue weighted by atomic mass is 16.2. The summed E-state index contributed by atoms with van der Waals surface area (Å²) < 4.78 is 0. The van der Waals surface area contributed by atoms with Gasteiger partial charge in [-0.3, -0.25) is 9.59 Å². The van der Waals surface area contributed by atoms with Crippen molar-refractivity contribution in [3.05, 3.63) is 48.5 Å². The van der Waals surface area contributed by atoms with Crippen molar-refractivity contribution in [1.82, 2.24) is 0 Å². The van der Waals surface area contributed by atoms with Crippen LogP contribution in [0, 0.1) is 0 Å². The Morgan fingerprint density at radius 1 is 0.767 bits per heavy atom. The van der Waals surface area contributed by atoms with Crippen LogP contribution in [0.5, 0.6) is 0 Å². The number of nitrogens with zero attached hydrogens (tertiary/aromatic N) is 2. The largest absolute Gasteiger partial charge is 0.326 e. The monoisotopic (exact) mass is 408 g/mol. The number of azo groups is 1. The van der Waals surface area contributed by atoms with Crippen LogP contribution in [0.1, 0.15) is 65.2 Å². The smallest absolute Gasteiger partial charge is 0.224 e. The summed E-state index contributed by atoms with van der Waals surface area (Å²) in [5.74, 6) is -0.0895. The molecule has 6 heteroatoms. The number of nitrogens with one attached hydrogen (secondary N) is 2. The van der Waals surface area contributed by atoms with Gasteiger partial charge in [-0.25, -0.2) is 0 Å². The first-order chi connectivity index (χ1) is 14.6. The van der Waals surface area contributed by atoms with E-state index in [0.717, 1.165) is 44.2 Å². The van der Waals surface area contributed by atoms with Gasteiger partial charge in [0.05, 0.1) is 11.4 Å². The number of anilines is 2. The van der Waals surface area contributed by atoms with Crippen molar-refractivity contribution in [3.63, 3.8) is 0 Å². The van der Waals surface area contributed by atoms with Gasteiger partial charge >= 0.3 is 0 Å². The molecule has 160 valence electrons. The van der Waals surface area contributed by atoms with Gasteiger partial charge < -0.3 is 10.6 Å². The Morgan fingerprint density at radius 3 is 2.03 bits per heavy atom. The number of hydrogen-bond donors (Lipinski definition) is 2. The summed E-state index contributed by atoms with van der Waals surface area (Å²) in [5.41, 5.74) is 2.46. The lowest BCUT2D eigenvalue weighted by molar-refractivity contribution is -0.117. The predicted octanol–water partition coefficient (Wildman–Crippen LogP) is 7.14. The Bertz CT molecular complexity index is 834. The fourth-order valence-corrected chi connectivity index (χ4v) is 2.91. The molecular formula is C24H32N4O2. The molecule has 0 heterocycles. The quantitative estimate of drug-likeness (QED) is 0.289. The van der Waals surface area contributed by atoms with Gasteiger partial charge in [0.1, 0.15) is 5.69 Å². The van der Waals surface area contributed by atoms with Crippen LogP contribution >= 0.6 is 0 Å². The van der Waals surface area contributed by atoms with Crippen molar-refractivity contribution in [2.24, 2.45) is 10.2 Å². The van der Waals surface area contributed by atoms with E-state index in [4.69, 9.17) is 0 Å². The van der Waals surface area contributed by atoms with Gasteiger partial charge in [0.25, 0.3) is 0 Å². The van der Waals surface area contributed by atoms with Crippen molar-refractivity contribution in [2.45, 2.75) is 65.2 Å². The highest BCUT2D eigenvalue weighted by Crippen LogP contribution is 2.30. The minimum absolute atomic E-state index is 0.0256. The number of amides is 2. The lowest BCUT2D eigenvalue weighted by atomic mass is 10.1. The summed E-state index contributed by atoms with van der Waals surface area (Å²) in [4.78, 5) is 24.5. The number of unbranched alkanes of at least 4 members (excludes halogenated alkanes) is 4. The van der Waals surface area contributed by atoms with Gasteiger partial charge in [0.15, 0.2) is 0 Å². The molecule has 2 rings (SSSR count). The first-order valence-corrected chi connectivity index (χ1v) is 10.8. The van der Waals surface area contributed by atoms with Crippen LogP contribution in [-0.4, -0.2) is 11.8 Å². The van der Waals surface area contributed by atoms with Crippen molar-refractivity contribution >= 4 is 34.6 Å². The van der Waals surface area contributed by atoms with E-state index in [1.165, 1.54) is 0 Å². The summed E-state index contributed by atoms with van der Waals surface area (Å²) in [5, 5.41) is 14.4. The Morgan fingerprint density at radius 2 is 1.40 bits per heavy atom. The molecule has 0 aliphatic heterocycles. The van der Waals surface area contributed by atoms with Crippen LogP contribution in [-0.2, 0) is 9.59 Å². The molecule has 0 saturated heterocycles. The highest BCUT2D eigenvalue weighted by molar-refractivity contribution is 5.96. The fourth-order valence-electron chi connectivity index (χ4n) is 2.91. The zero-order valence-electron chi connectivity index (χ0n) is 18.0. The van der Waals surface area contributed by atoms with Crippen molar-refractivity contribution < 1.29 is 9.59 Å². The number of hydrogen-bond acceptors (Lipinski definition) is 4. The van der Waals surface area contributed by atoms with Gasteiger partial charge in [0, 0.05) is 18.5 Å². The minimum Gasteiger partial charge on any atom is -0.326 e. The Balaban J connectivity index is 2.14. The highest BCUT2D eigenvalue weighted by Gasteiger charge is 2.10. The molecule has 0 saturated carbocycles. The molecule has 0 radical (unpaired) electrons. The number of carbonyl (C=O) groups is 2. The van der Waals surface area contributed by atoms with E-state index in [1.807, 2.05) is 30.3 Å². The predicted molar refractivity (Wildman–Crippen MR) is 123 cm³/mol. The van der Waals surface area contributed by atoms with Crippen LogP contribution < -0.4 is 10.6 Å². The van der Waals surface area contributed by atoms with Crippen LogP contribution in [0.3, 0.4) is 0 Å². The van der Waals surface area contributed by atoms with Gasteiger partial charge in [-0.1, -0.05) is 57.7 Å². The molecule has 0 fully saturated rings. The molecule has 0 aromatic heterocycles. The molecule has 0 aliphatic rings. The minimum atomic E-state index is -0.0639. The molecule has 2 aromatic rings. The zero-order chi connectivity index (χ0) is 21.6.